The van der Waals surface area contributed by atoms with Gasteiger partial charge in [0.05, 0.1) is 9.21 Å². The Bertz CT molecular complexity index is 708. The summed E-state index contributed by atoms with van der Waals surface area (Å²) in [6, 6.07) is 10.3. The average Bonchev–Trinajstić information content (AvgIpc) is 3.20. The maximum atomic E-state index is 12.0. The zero-order valence-electron chi connectivity index (χ0n) is 12.2. The molecule has 0 bridgehead atoms. The highest BCUT2D eigenvalue weighted by atomic mass is 35.5. The lowest BCUT2D eigenvalue weighted by Crippen LogP contribution is -2.26. The van der Waals surface area contributed by atoms with Gasteiger partial charge in [0.2, 0.25) is 0 Å². The second kappa shape index (κ2) is 7.12. The number of hydrogen-bond acceptors (Lipinski definition) is 4. The predicted octanol–water partition coefficient (Wildman–Crippen LogP) is 3.77. The van der Waals surface area contributed by atoms with Crippen LogP contribution >= 0.6 is 22.9 Å². The number of amides is 2. The SMILES string of the molecule is O=C(Nc1ccc(NC(=O)C2CCCO2)cc1)c1ccc(Cl)s1. The molecule has 7 heteroatoms. The number of carbonyl (C=O) groups excluding carboxylic acids is 2. The van der Waals surface area contributed by atoms with Gasteiger partial charge in [0.15, 0.2) is 0 Å². The normalized spacial score (nSPS) is 17.0. The van der Waals surface area contributed by atoms with E-state index < -0.39 is 0 Å². The molecule has 0 radical (unpaired) electrons. The first-order valence-corrected chi connectivity index (χ1v) is 8.40. The molecule has 1 aromatic carbocycles. The fraction of sp³-hybridized carbons (Fsp3) is 0.250. The van der Waals surface area contributed by atoms with E-state index in [0.29, 0.717) is 27.2 Å². The summed E-state index contributed by atoms with van der Waals surface area (Å²) in [4.78, 5) is 24.5. The van der Waals surface area contributed by atoms with Gasteiger partial charge in [-0.25, -0.2) is 0 Å². The van der Waals surface area contributed by atoms with E-state index in [0.717, 1.165) is 12.8 Å². The van der Waals surface area contributed by atoms with Crippen molar-refractivity contribution in [1.82, 2.24) is 0 Å². The van der Waals surface area contributed by atoms with Crippen LogP contribution in [0.25, 0.3) is 0 Å². The number of anilines is 2. The van der Waals surface area contributed by atoms with Gasteiger partial charge in [0.1, 0.15) is 6.10 Å². The molecular weight excluding hydrogens is 336 g/mol. The fourth-order valence-electron chi connectivity index (χ4n) is 2.27. The van der Waals surface area contributed by atoms with E-state index in [9.17, 15) is 9.59 Å². The van der Waals surface area contributed by atoms with E-state index in [1.54, 1.807) is 36.4 Å². The topological polar surface area (TPSA) is 67.4 Å². The number of hydrogen-bond donors (Lipinski definition) is 2. The molecule has 23 heavy (non-hydrogen) atoms. The molecule has 1 aliphatic rings. The second-order valence-electron chi connectivity index (χ2n) is 5.13. The van der Waals surface area contributed by atoms with E-state index in [2.05, 4.69) is 10.6 Å². The number of benzene rings is 1. The molecule has 2 aromatic rings. The molecule has 1 saturated heterocycles. The zero-order valence-corrected chi connectivity index (χ0v) is 13.7. The molecule has 1 aliphatic heterocycles. The van der Waals surface area contributed by atoms with Gasteiger partial charge in [-0.2, -0.15) is 0 Å². The quantitative estimate of drug-likeness (QED) is 0.882. The summed E-state index contributed by atoms with van der Waals surface area (Å²) in [5, 5.41) is 5.59. The van der Waals surface area contributed by atoms with Gasteiger partial charge in [0.25, 0.3) is 11.8 Å². The van der Waals surface area contributed by atoms with Crippen LogP contribution in [0.4, 0.5) is 11.4 Å². The Hall–Kier alpha value is -1.89. The van der Waals surface area contributed by atoms with Gasteiger partial charge in [-0.3, -0.25) is 9.59 Å². The highest BCUT2D eigenvalue weighted by Crippen LogP contribution is 2.23. The maximum absolute atomic E-state index is 12.0. The third kappa shape index (κ3) is 4.10. The number of halogens is 1. The predicted molar refractivity (Wildman–Crippen MR) is 91.3 cm³/mol. The molecule has 5 nitrogen and oxygen atoms in total. The molecule has 1 aromatic heterocycles. The summed E-state index contributed by atoms with van der Waals surface area (Å²) in [6.07, 6.45) is 1.30. The van der Waals surface area contributed by atoms with Crippen LogP contribution < -0.4 is 10.6 Å². The summed E-state index contributed by atoms with van der Waals surface area (Å²) in [7, 11) is 0. The largest absolute Gasteiger partial charge is 0.368 e. The van der Waals surface area contributed by atoms with Crippen molar-refractivity contribution in [3.8, 4) is 0 Å². The molecular formula is C16H15ClN2O3S. The minimum absolute atomic E-state index is 0.132. The third-order valence-corrected chi connectivity index (χ3v) is 4.66. The number of nitrogens with one attached hydrogen (secondary N) is 2. The van der Waals surface area contributed by atoms with Gasteiger partial charge in [-0.1, -0.05) is 11.6 Å². The first-order valence-electron chi connectivity index (χ1n) is 7.21. The van der Waals surface area contributed by atoms with Crippen LogP contribution in [-0.2, 0) is 9.53 Å². The average molecular weight is 351 g/mol. The molecule has 120 valence electrons. The van der Waals surface area contributed by atoms with Gasteiger partial charge in [0, 0.05) is 18.0 Å². The number of ether oxygens (including phenoxy) is 1. The van der Waals surface area contributed by atoms with Gasteiger partial charge in [-0.05, 0) is 49.2 Å². The smallest absolute Gasteiger partial charge is 0.265 e. The van der Waals surface area contributed by atoms with Crippen molar-refractivity contribution in [1.29, 1.82) is 0 Å². The Labute approximate surface area is 142 Å². The van der Waals surface area contributed by atoms with Crippen LogP contribution in [0.1, 0.15) is 22.5 Å². The number of carbonyl (C=O) groups is 2. The zero-order chi connectivity index (χ0) is 16.2. The molecule has 0 spiro atoms. The molecule has 2 N–H and O–H groups in total. The first kappa shape index (κ1) is 16.0. The lowest BCUT2D eigenvalue weighted by atomic mass is 10.2. The maximum Gasteiger partial charge on any atom is 0.265 e. The number of thiophene rings is 1. The van der Waals surface area contributed by atoms with Crippen LogP contribution in [0.15, 0.2) is 36.4 Å². The van der Waals surface area contributed by atoms with Crippen molar-refractivity contribution in [2.24, 2.45) is 0 Å². The Kier molecular flexibility index (Phi) is 4.95. The lowest BCUT2D eigenvalue weighted by molar-refractivity contribution is -0.124. The second-order valence-corrected chi connectivity index (χ2v) is 6.84. The van der Waals surface area contributed by atoms with Crippen LogP contribution in [0.5, 0.6) is 0 Å². The van der Waals surface area contributed by atoms with E-state index in [1.165, 1.54) is 11.3 Å². The van der Waals surface area contributed by atoms with E-state index in [1.807, 2.05) is 0 Å². The highest BCUT2D eigenvalue weighted by molar-refractivity contribution is 7.18. The van der Waals surface area contributed by atoms with Gasteiger partial charge < -0.3 is 15.4 Å². The molecule has 1 fully saturated rings. The summed E-state index contributed by atoms with van der Waals surface area (Å²) in [5.74, 6) is -0.342. The van der Waals surface area contributed by atoms with Crippen molar-refractivity contribution >= 4 is 46.1 Å². The molecule has 1 unspecified atom stereocenters. The molecule has 1 atom stereocenters. The van der Waals surface area contributed by atoms with Crippen LogP contribution in [0.2, 0.25) is 4.34 Å². The lowest BCUT2D eigenvalue weighted by Gasteiger charge is -2.11. The van der Waals surface area contributed by atoms with E-state index in [4.69, 9.17) is 16.3 Å². The molecule has 0 saturated carbocycles. The van der Waals surface area contributed by atoms with Crippen molar-refractivity contribution in [3.63, 3.8) is 0 Å². The van der Waals surface area contributed by atoms with Crippen molar-refractivity contribution in [3.05, 3.63) is 45.6 Å². The molecule has 0 aliphatic carbocycles. The minimum atomic E-state index is -0.363. The first-order chi connectivity index (χ1) is 11.1. The van der Waals surface area contributed by atoms with Crippen molar-refractivity contribution < 1.29 is 14.3 Å². The standard InChI is InChI=1S/C16H15ClN2O3S/c17-14-8-7-13(23-14)16(21)19-11-5-3-10(4-6-11)18-15(20)12-2-1-9-22-12/h3-8,12H,1-2,9H2,(H,18,20)(H,19,21). The Morgan fingerprint density at radius 3 is 2.35 bits per heavy atom. The van der Waals surface area contributed by atoms with E-state index in [-0.39, 0.29) is 17.9 Å². The summed E-state index contributed by atoms with van der Waals surface area (Å²) < 4.78 is 5.91. The Balaban J connectivity index is 1.58. The van der Waals surface area contributed by atoms with Crippen LogP contribution in [0, 0.1) is 0 Å². The van der Waals surface area contributed by atoms with Gasteiger partial charge in [-0.15, -0.1) is 11.3 Å². The Morgan fingerprint density at radius 2 is 1.78 bits per heavy atom. The molecule has 2 amide bonds. The fourth-order valence-corrected chi connectivity index (χ4v) is 3.21. The Morgan fingerprint density at radius 1 is 1.09 bits per heavy atom. The highest BCUT2D eigenvalue weighted by Gasteiger charge is 2.23. The van der Waals surface area contributed by atoms with Gasteiger partial charge >= 0.3 is 0 Å². The van der Waals surface area contributed by atoms with E-state index >= 15 is 0 Å². The molecule has 3 rings (SSSR count). The summed E-state index contributed by atoms with van der Waals surface area (Å²) in [5.41, 5.74) is 1.32. The van der Waals surface area contributed by atoms with Crippen molar-refractivity contribution in [2.45, 2.75) is 18.9 Å². The minimum Gasteiger partial charge on any atom is -0.368 e. The number of rotatable bonds is 4. The van der Waals surface area contributed by atoms with Crippen LogP contribution in [0.3, 0.4) is 0 Å². The van der Waals surface area contributed by atoms with Crippen molar-refractivity contribution in [2.75, 3.05) is 17.2 Å². The third-order valence-electron chi connectivity index (χ3n) is 3.43. The van der Waals surface area contributed by atoms with Crippen LogP contribution in [-0.4, -0.2) is 24.5 Å². The summed E-state index contributed by atoms with van der Waals surface area (Å²) in [6.45, 7) is 0.635. The summed E-state index contributed by atoms with van der Waals surface area (Å²) >= 11 is 7.04. The monoisotopic (exact) mass is 350 g/mol. The molecule has 2 heterocycles.